The quantitative estimate of drug-likeness (QED) is 0.759. The Morgan fingerprint density at radius 2 is 1.86 bits per heavy atom. The summed E-state index contributed by atoms with van der Waals surface area (Å²) in [6.45, 7) is 5.12. The Balaban J connectivity index is 2.05. The van der Waals surface area contributed by atoms with Crippen LogP contribution in [0.2, 0.25) is 0 Å². The summed E-state index contributed by atoms with van der Waals surface area (Å²) in [7, 11) is 0. The molecule has 1 aromatic heterocycles. The topological polar surface area (TPSA) is 31.9 Å². The van der Waals surface area contributed by atoms with Gasteiger partial charge in [-0.2, -0.15) is 0 Å². The Labute approximate surface area is 125 Å². The summed E-state index contributed by atoms with van der Waals surface area (Å²) in [5.74, 6) is 0.967. The van der Waals surface area contributed by atoms with Crippen molar-refractivity contribution in [3.63, 3.8) is 0 Å². The highest BCUT2D eigenvalue weighted by atomic mass is 15.2. The summed E-state index contributed by atoms with van der Waals surface area (Å²) in [4.78, 5) is 10.0. The second-order valence-electron chi connectivity index (χ2n) is 5.05. The van der Waals surface area contributed by atoms with Gasteiger partial charge in [0.25, 0.3) is 0 Å². The van der Waals surface area contributed by atoms with Gasteiger partial charge < -0.3 is 9.88 Å². The van der Waals surface area contributed by atoms with Gasteiger partial charge in [0.15, 0.2) is 5.82 Å². The maximum Gasteiger partial charge on any atom is 0.159 e. The molecule has 3 nitrogen and oxygen atoms in total. The van der Waals surface area contributed by atoms with E-state index in [1.807, 2.05) is 18.2 Å². The van der Waals surface area contributed by atoms with Crippen molar-refractivity contribution >= 4 is 11.5 Å². The van der Waals surface area contributed by atoms with Crippen molar-refractivity contribution in [1.29, 1.82) is 0 Å². The number of H-pyrrole nitrogens is 1. The van der Waals surface area contributed by atoms with Gasteiger partial charge >= 0.3 is 0 Å². The molecular weight excluding hydrogens is 258 g/mol. The molecule has 106 valence electrons. The third kappa shape index (κ3) is 2.68. The van der Waals surface area contributed by atoms with Gasteiger partial charge in [0.1, 0.15) is 0 Å². The minimum atomic E-state index is 0.869. The van der Waals surface area contributed by atoms with Crippen LogP contribution in [0.25, 0.3) is 11.3 Å². The van der Waals surface area contributed by atoms with E-state index in [9.17, 15) is 0 Å². The molecule has 1 heterocycles. The number of rotatable bonds is 4. The molecule has 0 amide bonds. The monoisotopic (exact) mass is 277 g/mol. The number of benzene rings is 2. The average Bonchev–Trinajstić information content (AvgIpc) is 2.98. The van der Waals surface area contributed by atoms with E-state index in [1.54, 1.807) is 6.33 Å². The van der Waals surface area contributed by atoms with Crippen LogP contribution in [0.5, 0.6) is 0 Å². The van der Waals surface area contributed by atoms with Crippen LogP contribution in [0.1, 0.15) is 12.5 Å². The molecule has 0 bridgehead atoms. The molecule has 21 heavy (non-hydrogen) atoms. The van der Waals surface area contributed by atoms with Gasteiger partial charge in [-0.25, -0.2) is 4.98 Å². The van der Waals surface area contributed by atoms with Gasteiger partial charge in [0.2, 0.25) is 0 Å². The van der Waals surface area contributed by atoms with Gasteiger partial charge in [-0.3, -0.25) is 0 Å². The molecular formula is C18H19N3. The first kappa shape index (κ1) is 13.4. The van der Waals surface area contributed by atoms with E-state index in [0.717, 1.165) is 23.6 Å². The molecule has 0 saturated heterocycles. The van der Waals surface area contributed by atoms with Crippen LogP contribution in [-0.2, 0) is 0 Å². The predicted molar refractivity (Wildman–Crippen MR) is 87.9 cm³/mol. The van der Waals surface area contributed by atoms with Crippen LogP contribution in [0.15, 0.2) is 60.9 Å². The zero-order valence-electron chi connectivity index (χ0n) is 12.4. The molecule has 3 aromatic rings. The molecule has 0 atom stereocenters. The van der Waals surface area contributed by atoms with Crippen LogP contribution in [-0.4, -0.2) is 16.5 Å². The number of anilines is 2. The first-order valence-electron chi connectivity index (χ1n) is 7.22. The SMILES string of the molecule is CCN(c1cccc(C)c1)c1nc[nH]c1-c1ccccc1. The van der Waals surface area contributed by atoms with Crippen molar-refractivity contribution in [2.75, 3.05) is 11.4 Å². The van der Waals surface area contributed by atoms with E-state index < -0.39 is 0 Å². The molecule has 0 aliphatic carbocycles. The number of aromatic nitrogens is 2. The van der Waals surface area contributed by atoms with Gasteiger partial charge in [0, 0.05) is 17.8 Å². The molecule has 3 rings (SSSR count). The van der Waals surface area contributed by atoms with Crippen molar-refractivity contribution in [1.82, 2.24) is 9.97 Å². The molecule has 1 N–H and O–H groups in total. The van der Waals surface area contributed by atoms with Crippen molar-refractivity contribution < 1.29 is 0 Å². The van der Waals surface area contributed by atoms with Crippen LogP contribution < -0.4 is 4.90 Å². The number of nitrogens with one attached hydrogen (secondary N) is 1. The van der Waals surface area contributed by atoms with E-state index in [-0.39, 0.29) is 0 Å². The lowest BCUT2D eigenvalue weighted by Crippen LogP contribution is -2.17. The third-order valence-electron chi connectivity index (χ3n) is 3.57. The molecule has 2 aromatic carbocycles. The van der Waals surface area contributed by atoms with Gasteiger partial charge in [-0.15, -0.1) is 0 Å². The molecule has 0 aliphatic rings. The van der Waals surface area contributed by atoms with Crippen LogP contribution in [0.4, 0.5) is 11.5 Å². The van der Waals surface area contributed by atoms with Crippen molar-refractivity contribution in [2.45, 2.75) is 13.8 Å². The van der Waals surface area contributed by atoms with Crippen molar-refractivity contribution in [3.05, 3.63) is 66.5 Å². The molecule has 0 fully saturated rings. The molecule has 0 aliphatic heterocycles. The summed E-state index contributed by atoms with van der Waals surface area (Å²) in [6.07, 6.45) is 1.76. The zero-order chi connectivity index (χ0) is 14.7. The average molecular weight is 277 g/mol. The smallest absolute Gasteiger partial charge is 0.159 e. The first-order chi connectivity index (χ1) is 10.3. The summed E-state index contributed by atoms with van der Waals surface area (Å²) in [5.41, 5.74) is 4.62. The number of aryl methyl sites for hydroxylation is 1. The number of aromatic amines is 1. The highest BCUT2D eigenvalue weighted by Gasteiger charge is 2.15. The number of hydrogen-bond donors (Lipinski definition) is 1. The largest absolute Gasteiger partial charge is 0.343 e. The summed E-state index contributed by atoms with van der Waals surface area (Å²) in [5, 5.41) is 0. The maximum atomic E-state index is 4.54. The van der Waals surface area contributed by atoms with E-state index in [2.05, 4.69) is 65.1 Å². The Hall–Kier alpha value is -2.55. The van der Waals surface area contributed by atoms with Crippen molar-refractivity contribution in [3.8, 4) is 11.3 Å². The lowest BCUT2D eigenvalue weighted by Gasteiger charge is -2.22. The Bertz CT molecular complexity index is 716. The summed E-state index contributed by atoms with van der Waals surface area (Å²) in [6, 6.07) is 18.8. The van der Waals surface area contributed by atoms with Gasteiger partial charge in [0.05, 0.1) is 12.0 Å². The number of imidazole rings is 1. The zero-order valence-corrected chi connectivity index (χ0v) is 12.4. The third-order valence-corrected chi connectivity index (χ3v) is 3.57. The van der Waals surface area contributed by atoms with E-state index in [4.69, 9.17) is 0 Å². The van der Waals surface area contributed by atoms with E-state index >= 15 is 0 Å². The Morgan fingerprint density at radius 3 is 2.57 bits per heavy atom. The molecule has 0 radical (unpaired) electrons. The standard InChI is InChI=1S/C18H19N3/c1-3-21(16-11-7-8-14(2)12-16)18-17(19-13-20-18)15-9-5-4-6-10-15/h4-13H,3H2,1-2H3,(H,19,20). The number of hydrogen-bond acceptors (Lipinski definition) is 2. The normalized spacial score (nSPS) is 10.6. The first-order valence-corrected chi connectivity index (χ1v) is 7.22. The highest BCUT2D eigenvalue weighted by Crippen LogP contribution is 2.32. The lowest BCUT2D eigenvalue weighted by atomic mass is 10.1. The molecule has 3 heteroatoms. The fraction of sp³-hybridized carbons (Fsp3) is 0.167. The van der Waals surface area contributed by atoms with Crippen molar-refractivity contribution in [2.24, 2.45) is 0 Å². The molecule has 0 saturated carbocycles. The fourth-order valence-corrected chi connectivity index (χ4v) is 2.56. The molecule has 0 unspecified atom stereocenters. The second-order valence-corrected chi connectivity index (χ2v) is 5.05. The van der Waals surface area contributed by atoms with Crippen LogP contribution in [0.3, 0.4) is 0 Å². The Morgan fingerprint density at radius 1 is 1.05 bits per heavy atom. The molecule has 0 spiro atoms. The van der Waals surface area contributed by atoms with E-state index in [1.165, 1.54) is 11.3 Å². The minimum absolute atomic E-state index is 0.869. The minimum Gasteiger partial charge on any atom is -0.343 e. The number of nitrogens with zero attached hydrogens (tertiary/aromatic N) is 2. The van der Waals surface area contributed by atoms with Crippen LogP contribution >= 0.6 is 0 Å². The summed E-state index contributed by atoms with van der Waals surface area (Å²) >= 11 is 0. The van der Waals surface area contributed by atoms with Gasteiger partial charge in [-0.05, 0) is 31.5 Å². The Kier molecular flexibility index (Phi) is 3.73. The second kappa shape index (κ2) is 5.83. The van der Waals surface area contributed by atoms with Gasteiger partial charge in [-0.1, -0.05) is 42.5 Å². The lowest BCUT2D eigenvalue weighted by molar-refractivity contribution is 0.999. The fourth-order valence-electron chi connectivity index (χ4n) is 2.56. The van der Waals surface area contributed by atoms with Crippen LogP contribution in [0, 0.1) is 6.92 Å². The van der Waals surface area contributed by atoms with E-state index in [0.29, 0.717) is 0 Å². The maximum absolute atomic E-state index is 4.54. The summed E-state index contributed by atoms with van der Waals surface area (Å²) < 4.78 is 0. The highest BCUT2D eigenvalue weighted by molar-refractivity contribution is 5.77. The predicted octanol–water partition coefficient (Wildman–Crippen LogP) is 4.54.